The average molecular weight is 493 g/mol. The summed E-state index contributed by atoms with van der Waals surface area (Å²) in [6.45, 7) is 7.06. The molecule has 34 heavy (non-hydrogen) atoms. The quantitative estimate of drug-likeness (QED) is 0.516. The molecule has 9 heteroatoms. The highest BCUT2D eigenvalue weighted by Gasteiger charge is 2.29. The maximum absolute atomic E-state index is 13.0. The first-order chi connectivity index (χ1) is 16.2. The second-order valence-corrected chi connectivity index (χ2v) is 10.7. The lowest BCUT2D eigenvalue weighted by molar-refractivity contribution is 0.00534. The lowest BCUT2D eigenvalue weighted by Crippen LogP contribution is -2.50. The van der Waals surface area contributed by atoms with Gasteiger partial charge in [-0.05, 0) is 41.3 Å². The topological polar surface area (TPSA) is 88.5 Å². The van der Waals surface area contributed by atoms with E-state index in [-0.39, 0.29) is 6.61 Å². The normalized spacial score (nSPS) is 16.5. The van der Waals surface area contributed by atoms with Gasteiger partial charge in [-0.3, -0.25) is 4.90 Å². The van der Waals surface area contributed by atoms with Crippen LogP contribution in [0, 0.1) is 0 Å². The van der Waals surface area contributed by atoms with Crippen LogP contribution in [0.3, 0.4) is 0 Å². The summed E-state index contributed by atoms with van der Waals surface area (Å²) in [5, 5.41) is 10.4. The standard InChI is InChI=1S/C25H36N2O6S/c1-19(2)21-6-8-23(9-7-21)34(29,30)27-13-11-26(12-14-27)16-22(28)18-33-17-20-5-10-24(31-3)25(15-20)32-4/h5-10,15,19,22,28H,11-14,16-18H2,1-4H3. The van der Waals surface area contributed by atoms with Gasteiger partial charge in [0.05, 0.1) is 38.4 Å². The Morgan fingerprint density at radius 3 is 2.18 bits per heavy atom. The van der Waals surface area contributed by atoms with Crippen molar-refractivity contribution in [1.82, 2.24) is 9.21 Å². The van der Waals surface area contributed by atoms with Crippen molar-refractivity contribution >= 4 is 10.0 Å². The average Bonchev–Trinajstić information content (AvgIpc) is 2.84. The lowest BCUT2D eigenvalue weighted by Gasteiger charge is -2.34. The second-order valence-electron chi connectivity index (χ2n) is 8.79. The van der Waals surface area contributed by atoms with Gasteiger partial charge in [0.2, 0.25) is 10.0 Å². The van der Waals surface area contributed by atoms with Crippen LogP contribution in [-0.2, 0) is 21.4 Å². The molecule has 0 amide bonds. The fraction of sp³-hybridized carbons (Fsp3) is 0.520. The van der Waals surface area contributed by atoms with Crippen molar-refractivity contribution in [3.8, 4) is 11.5 Å². The molecule has 0 aromatic heterocycles. The van der Waals surface area contributed by atoms with Gasteiger partial charge in [-0.1, -0.05) is 32.0 Å². The van der Waals surface area contributed by atoms with E-state index in [0.717, 1.165) is 11.1 Å². The van der Waals surface area contributed by atoms with Crippen LogP contribution < -0.4 is 9.47 Å². The van der Waals surface area contributed by atoms with Crippen LogP contribution in [0.4, 0.5) is 0 Å². The molecule has 8 nitrogen and oxygen atoms in total. The Morgan fingerprint density at radius 1 is 0.941 bits per heavy atom. The number of hydrogen-bond acceptors (Lipinski definition) is 7. The van der Waals surface area contributed by atoms with Gasteiger partial charge in [0.15, 0.2) is 11.5 Å². The van der Waals surface area contributed by atoms with E-state index in [9.17, 15) is 13.5 Å². The van der Waals surface area contributed by atoms with Gasteiger partial charge < -0.3 is 19.3 Å². The zero-order valence-electron chi connectivity index (χ0n) is 20.4. The number of aliphatic hydroxyl groups excluding tert-OH is 1. The zero-order chi connectivity index (χ0) is 24.7. The molecular formula is C25H36N2O6S. The highest BCUT2D eigenvalue weighted by Crippen LogP contribution is 2.28. The van der Waals surface area contributed by atoms with Gasteiger partial charge in [-0.2, -0.15) is 4.31 Å². The minimum atomic E-state index is -3.51. The number of sulfonamides is 1. The largest absolute Gasteiger partial charge is 0.493 e. The highest BCUT2D eigenvalue weighted by atomic mass is 32.2. The molecule has 0 bridgehead atoms. The van der Waals surface area contributed by atoms with E-state index in [2.05, 4.69) is 18.7 Å². The maximum atomic E-state index is 13.0. The molecule has 0 aliphatic carbocycles. The molecule has 2 aromatic rings. The Morgan fingerprint density at radius 2 is 1.59 bits per heavy atom. The van der Waals surface area contributed by atoms with Crippen molar-refractivity contribution in [3.63, 3.8) is 0 Å². The van der Waals surface area contributed by atoms with E-state index in [1.165, 1.54) is 4.31 Å². The molecule has 1 aliphatic rings. The molecule has 1 aliphatic heterocycles. The molecule has 0 radical (unpaired) electrons. The second kappa shape index (κ2) is 12.0. The highest BCUT2D eigenvalue weighted by molar-refractivity contribution is 7.89. The van der Waals surface area contributed by atoms with Gasteiger partial charge >= 0.3 is 0 Å². The van der Waals surface area contributed by atoms with Crippen LogP contribution in [0.1, 0.15) is 30.9 Å². The van der Waals surface area contributed by atoms with Gasteiger partial charge in [0.1, 0.15) is 0 Å². The first-order valence-corrected chi connectivity index (χ1v) is 13.0. The van der Waals surface area contributed by atoms with Crippen LogP contribution in [0.2, 0.25) is 0 Å². The van der Waals surface area contributed by atoms with Crippen molar-refractivity contribution in [3.05, 3.63) is 53.6 Å². The number of rotatable bonds is 11. The summed E-state index contributed by atoms with van der Waals surface area (Å²) in [4.78, 5) is 2.40. The van der Waals surface area contributed by atoms with Gasteiger partial charge in [-0.15, -0.1) is 0 Å². The Balaban J connectivity index is 1.43. The number of piperazine rings is 1. The molecule has 188 valence electrons. The van der Waals surface area contributed by atoms with Crippen molar-refractivity contribution < 1.29 is 27.7 Å². The van der Waals surface area contributed by atoms with Crippen molar-refractivity contribution in [1.29, 1.82) is 0 Å². The maximum Gasteiger partial charge on any atom is 0.243 e. The van der Waals surface area contributed by atoms with Crippen molar-refractivity contribution in [2.24, 2.45) is 0 Å². The first-order valence-electron chi connectivity index (χ1n) is 11.5. The molecule has 1 fully saturated rings. The Hall–Kier alpha value is -2.17. The summed E-state index contributed by atoms with van der Waals surface area (Å²) in [7, 11) is -0.342. The van der Waals surface area contributed by atoms with E-state index in [1.54, 1.807) is 26.4 Å². The molecule has 1 unspecified atom stereocenters. The van der Waals surface area contributed by atoms with Gasteiger partial charge in [0, 0.05) is 32.7 Å². The Bertz CT molecular complexity index is 1020. The first kappa shape index (κ1) is 26.4. The summed E-state index contributed by atoms with van der Waals surface area (Å²) in [6, 6.07) is 12.7. The Labute approximate surface area is 203 Å². The van der Waals surface area contributed by atoms with E-state index < -0.39 is 16.1 Å². The number of methoxy groups -OCH3 is 2. The fourth-order valence-corrected chi connectivity index (χ4v) is 5.38. The summed E-state index contributed by atoms with van der Waals surface area (Å²) in [6.07, 6.45) is -0.660. The summed E-state index contributed by atoms with van der Waals surface area (Å²) in [5.41, 5.74) is 2.04. The van der Waals surface area contributed by atoms with E-state index in [0.29, 0.717) is 61.6 Å². The molecule has 0 saturated carbocycles. The van der Waals surface area contributed by atoms with Crippen LogP contribution in [0.15, 0.2) is 47.4 Å². The number of aliphatic hydroxyl groups is 1. The van der Waals surface area contributed by atoms with Gasteiger partial charge in [0.25, 0.3) is 0 Å². The third-order valence-electron chi connectivity index (χ3n) is 6.01. The number of β-amino-alcohol motifs (C(OH)–C–C–N with tert-alkyl or cyclic N) is 1. The molecule has 0 spiro atoms. The Kier molecular flexibility index (Phi) is 9.32. The summed E-state index contributed by atoms with van der Waals surface area (Å²) >= 11 is 0. The minimum absolute atomic E-state index is 0.190. The smallest absolute Gasteiger partial charge is 0.243 e. The van der Waals surface area contributed by atoms with Crippen LogP contribution in [0.25, 0.3) is 0 Å². The number of benzene rings is 2. The molecule has 1 atom stereocenters. The fourth-order valence-electron chi connectivity index (χ4n) is 3.96. The van der Waals surface area contributed by atoms with Crippen molar-refractivity contribution in [2.75, 3.05) is 53.6 Å². The zero-order valence-corrected chi connectivity index (χ0v) is 21.3. The van der Waals surface area contributed by atoms with Gasteiger partial charge in [-0.25, -0.2) is 8.42 Å². The monoisotopic (exact) mass is 492 g/mol. The van der Waals surface area contributed by atoms with E-state index in [1.807, 2.05) is 30.3 Å². The van der Waals surface area contributed by atoms with Crippen LogP contribution in [0.5, 0.6) is 11.5 Å². The predicted octanol–water partition coefficient (Wildman–Crippen LogP) is 2.71. The van der Waals surface area contributed by atoms with E-state index >= 15 is 0 Å². The molecule has 2 aromatic carbocycles. The van der Waals surface area contributed by atoms with Crippen molar-refractivity contribution in [2.45, 2.75) is 37.4 Å². The minimum Gasteiger partial charge on any atom is -0.493 e. The molecule has 1 heterocycles. The number of nitrogens with zero attached hydrogens (tertiary/aromatic N) is 2. The van der Waals surface area contributed by atoms with E-state index in [4.69, 9.17) is 14.2 Å². The number of ether oxygens (including phenoxy) is 3. The molecule has 3 rings (SSSR count). The predicted molar refractivity (Wildman–Crippen MR) is 131 cm³/mol. The molecule has 1 saturated heterocycles. The summed E-state index contributed by atoms with van der Waals surface area (Å²) in [5.74, 6) is 1.64. The third kappa shape index (κ3) is 6.70. The third-order valence-corrected chi connectivity index (χ3v) is 7.92. The van der Waals surface area contributed by atoms with Crippen LogP contribution >= 0.6 is 0 Å². The molecular weight excluding hydrogens is 456 g/mol. The van der Waals surface area contributed by atoms with Crippen LogP contribution in [-0.4, -0.2) is 82.4 Å². The molecule has 1 N–H and O–H groups in total. The lowest BCUT2D eigenvalue weighted by atomic mass is 10.0. The SMILES string of the molecule is COc1ccc(COCC(O)CN2CCN(S(=O)(=O)c3ccc(C(C)C)cc3)CC2)cc1OC. The summed E-state index contributed by atoms with van der Waals surface area (Å²) < 4.78 is 43.7. The number of hydrogen-bond donors (Lipinski definition) is 1.